The van der Waals surface area contributed by atoms with E-state index < -0.39 is 0 Å². The second-order valence-corrected chi connectivity index (χ2v) is 6.05. The molecule has 0 saturated carbocycles. The first-order valence-electron chi connectivity index (χ1n) is 8.00. The predicted octanol–water partition coefficient (Wildman–Crippen LogP) is 1.72. The number of hydrogen-bond donors (Lipinski definition) is 2. The van der Waals surface area contributed by atoms with Crippen molar-refractivity contribution in [2.75, 3.05) is 11.9 Å². The fourth-order valence-electron chi connectivity index (χ4n) is 2.97. The normalized spacial score (nSPS) is 17.3. The lowest BCUT2D eigenvalue weighted by Crippen LogP contribution is -2.35. The summed E-state index contributed by atoms with van der Waals surface area (Å²) in [5.41, 5.74) is 1.80. The van der Waals surface area contributed by atoms with Crippen LogP contribution in [0, 0.1) is 0 Å². The minimum Gasteiger partial charge on any atom is -0.309 e. The minimum absolute atomic E-state index is 0.0237. The summed E-state index contributed by atoms with van der Waals surface area (Å²) < 4.78 is 1.67. The summed E-state index contributed by atoms with van der Waals surface area (Å²) >= 11 is 0. The number of fused-ring (bicyclic) bond motifs is 1. The van der Waals surface area contributed by atoms with Crippen molar-refractivity contribution in [2.45, 2.75) is 18.9 Å². The van der Waals surface area contributed by atoms with E-state index in [9.17, 15) is 4.79 Å². The molecule has 1 fully saturated rings. The van der Waals surface area contributed by atoms with Crippen molar-refractivity contribution in [3.05, 3.63) is 36.7 Å². The predicted molar refractivity (Wildman–Crippen MR) is 91.4 cm³/mol. The molecule has 2 N–H and O–H groups in total. The van der Waals surface area contributed by atoms with Crippen molar-refractivity contribution in [1.82, 2.24) is 25.3 Å². The van der Waals surface area contributed by atoms with Gasteiger partial charge in [-0.25, -0.2) is 4.98 Å². The van der Waals surface area contributed by atoms with E-state index in [1.165, 1.54) is 0 Å². The average Bonchev–Trinajstić information content (AvgIpc) is 3.25. The summed E-state index contributed by atoms with van der Waals surface area (Å²) in [6, 6.07) is 7.80. The van der Waals surface area contributed by atoms with Crippen LogP contribution in [0.15, 0.2) is 36.7 Å². The summed E-state index contributed by atoms with van der Waals surface area (Å²) in [5.74, 6) is 0.543. The Labute approximate surface area is 139 Å². The van der Waals surface area contributed by atoms with E-state index in [-0.39, 0.29) is 11.9 Å². The molecule has 1 aliphatic heterocycles. The number of carbonyl (C=O) groups is 1. The van der Waals surface area contributed by atoms with E-state index in [2.05, 4.69) is 25.9 Å². The molecule has 0 aliphatic carbocycles. The molecule has 1 aliphatic rings. The summed E-state index contributed by atoms with van der Waals surface area (Å²) in [4.78, 5) is 16.5. The second kappa shape index (κ2) is 6.01. The van der Waals surface area contributed by atoms with Crippen LogP contribution in [0.1, 0.15) is 12.8 Å². The molecule has 2 aromatic heterocycles. The molecule has 24 heavy (non-hydrogen) atoms. The lowest BCUT2D eigenvalue weighted by Gasteiger charge is -2.11. The maximum absolute atomic E-state index is 12.2. The highest BCUT2D eigenvalue weighted by atomic mass is 16.2. The number of nitrogens with zero attached hydrogens (tertiary/aromatic N) is 4. The SMILES string of the molecule is Cn1cc(-c2ccc3cnc(NC(=O)[C@H]4CCCN4)cc3c2)nn1. The molecular formula is C17H18N6O. The molecule has 3 aromatic rings. The fourth-order valence-corrected chi connectivity index (χ4v) is 2.97. The molecule has 4 rings (SSSR count). The van der Waals surface area contributed by atoms with E-state index in [1.54, 1.807) is 10.9 Å². The molecule has 0 spiro atoms. The third-order valence-corrected chi connectivity index (χ3v) is 4.25. The van der Waals surface area contributed by atoms with E-state index >= 15 is 0 Å². The van der Waals surface area contributed by atoms with Crippen LogP contribution in [0.3, 0.4) is 0 Å². The first-order chi connectivity index (χ1) is 11.7. The van der Waals surface area contributed by atoms with Crippen LogP contribution in [0.2, 0.25) is 0 Å². The molecule has 1 amide bonds. The first kappa shape index (κ1) is 14.8. The van der Waals surface area contributed by atoms with Crippen LogP contribution in [-0.4, -0.2) is 38.5 Å². The smallest absolute Gasteiger partial charge is 0.242 e. The molecule has 0 radical (unpaired) electrons. The summed E-state index contributed by atoms with van der Waals surface area (Å²) in [5, 5.41) is 16.2. The van der Waals surface area contributed by atoms with Crippen LogP contribution in [0.5, 0.6) is 0 Å². The monoisotopic (exact) mass is 322 g/mol. The number of pyridine rings is 1. The zero-order valence-electron chi connectivity index (χ0n) is 13.4. The molecule has 1 saturated heterocycles. The number of aryl methyl sites for hydroxylation is 1. The summed E-state index contributed by atoms with van der Waals surface area (Å²) in [6.45, 7) is 0.894. The maximum atomic E-state index is 12.2. The largest absolute Gasteiger partial charge is 0.309 e. The Morgan fingerprint density at radius 3 is 3.00 bits per heavy atom. The minimum atomic E-state index is -0.117. The second-order valence-electron chi connectivity index (χ2n) is 6.05. The van der Waals surface area contributed by atoms with Gasteiger partial charge in [0.1, 0.15) is 11.5 Å². The maximum Gasteiger partial charge on any atom is 0.242 e. The fraction of sp³-hybridized carbons (Fsp3) is 0.294. The van der Waals surface area contributed by atoms with Gasteiger partial charge in [0.2, 0.25) is 5.91 Å². The zero-order chi connectivity index (χ0) is 16.5. The number of carbonyl (C=O) groups excluding carboxylic acids is 1. The summed E-state index contributed by atoms with van der Waals surface area (Å²) in [7, 11) is 1.84. The van der Waals surface area contributed by atoms with Gasteiger partial charge >= 0.3 is 0 Å². The third kappa shape index (κ3) is 2.85. The highest BCUT2D eigenvalue weighted by Crippen LogP contribution is 2.24. The Kier molecular flexibility index (Phi) is 3.70. The number of aromatic nitrogens is 4. The average molecular weight is 322 g/mol. The van der Waals surface area contributed by atoms with Gasteiger partial charge in [0, 0.05) is 24.2 Å². The van der Waals surface area contributed by atoms with E-state index in [0.29, 0.717) is 5.82 Å². The van der Waals surface area contributed by atoms with Crippen LogP contribution >= 0.6 is 0 Å². The van der Waals surface area contributed by atoms with Crippen LogP contribution < -0.4 is 10.6 Å². The zero-order valence-corrected chi connectivity index (χ0v) is 13.4. The van der Waals surface area contributed by atoms with Crippen LogP contribution in [0.4, 0.5) is 5.82 Å². The summed E-state index contributed by atoms with van der Waals surface area (Å²) in [6.07, 6.45) is 5.55. The van der Waals surface area contributed by atoms with Gasteiger partial charge in [0.05, 0.1) is 12.2 Å². The lowest BCUT2D eigenvalue weighted by atomic mass is 10.1. The van der Waals surface area contributed by atoms with Crippen molar-refractivity contribution in [3.63, 3.8) is 0 Å². The molecule has 1 atom stereocenters. The molecule has 122 valence electrons. The van der Waals surface area contributed by atoms with Crippen molar-refractivity contribution in [1.29, 1.82) is 0 Å². The number of nitrogens with one attached hydrogen (secondary N) is 2. The highest BCUT2D eigenvalue weighted by molar-refractivity contribution is 5.96. The quantitative estimate of drug-likeness (QED) is 0.767. The van der Waals surface area contributed by atoms with Gasteiger partial charge in [-0.2, -0.15) is 0 Å². The van der Waals surface area contributed by atoms with Gasteiger partial charge < -0.3 is 10.6 Å². The van der Waals surface area contributed by atoms with E-state index in [4.69, 9.17) is 0 Å². The van der Waals surface area contributed by atoms with Crippen molar-refractivity contribution >= 4 is 22.5 Å². The highest BCUT2D eigenvalue weighted by Gasteiger charge is 2.22. The van der Waals surface area contributed by atoms with E-state index in [1.807, 2.05) is 37.5 Å². The molecule has 7 nitrogen and oxygen atoms in total. The van der Waals surface area contributed by atoms with Crippen LogP contribution in [-0.2, 0) is 11.8 Å². The first-order valence-corrected chi connectivity index (χ1v) is 8.00. The molecule has 3 heterocycles. The Morgan fingerprint density at radius 1 is 1.33 bits per heavy atom. The Morgan fingerprint density at radius 2 is 2.25 bits per heavy atom. The standard InChI is InChI=1S/C17H18N6O/c1-23-10-15(21-22-23)11-4-5-12-9-19-16(8-13(12)7-11)20-17(24)14-3-2-6-18-14/h4-5,7-10,14,18H,2-3,6H2,1H3,(H,19,20,24)/t14-/m1/s1. The molecule has 7 heteroatoms. The number of amides is 1. The molecule has 0 bridgehead atoms. The van der Waals surface area contributed by atoms with Crippen molar-refractivity contribution in [3.8, 4) is 11.3 Å². The number of hydrogen-bond acceptors (Lipinski definition) is 5. The number of rotatable bonds is 3. The van der Waals surface area contributed by atoms with Gasteiger partial charge in [0.15, 0.2) is 0 Å². The van der Waals surface area contributed by atoms with E-state index in [0.717, 1.165) is 41.4 Å². The Hall–Kier alpha value is -2.80. The van der Waals surface area contributed by atoms with Gasteiger partial charge in [-0.15, -0.1) is 5.10 Å². The van der Waals surface area contributed by atoms with Crippen molar-refractivity contribution in [2.24, 2.45) is 7.05 Å². The number of anilines is 1. The van der Waals surface area contributed by atoms with Gasteiger partial charge in [0.25, 0.3) is 0 Å². The molecular weight excluding hydrogens is 304 g/mol. The van der Waals surface area contributed by atoms with Gasteiger partial charge in [-0.05, 0) is 36.9 Å². The Bertz CT molecular complexity index is 897. The Balaban J connectivity index is 1.62. The van der Waals surface area contributed by atoms with Crippen molar-refractivity contribution < 1.29 is 4.79 Å². The van der Waals surface area contributed by atoms with Crippen LogP contribution in [0.25, 0.3) is 22.0 Å². The third-order valence-electron chi connectivity index (χ3n) is 4.25. The number of benzene rings is 1. The molecule has 1 aromatic carbocycles. The topological polar surface area (TPSA) is 84.7 Å². The molecule has 0 unspecified atom stereocenters. The van der Waals surface area contributed by atoms with Gasteiger partial charge in [-0.1, -0.05) is 17.3 Å². The van der Waals surface area contributed by atoms with Gasteiger partial charge in [-0.3, -0.25) is 9.48 Å². The lowest BCUT2D eigenvalue weighted by molar-refractivity contribution is -0.117.